The topological polar surface area (TPSA) is 64.1 Å². The van der Waals surface area contributed by atoms with Gasteiger partial charge in [-0.05, 0) is 43.2 Å². The Morgan fingerprint density at radius 3 is 2.34 bits per heavy atom. The zero-order valence-corrected chi connectivity index (χ0v) is 18.8. The summed E-state index contributed by atoms with van der Waals surface area (Å²) in [5.41, 5.74) is 3.61. The van der Waals surface area contributed by atoms with Gasteiger partial charge in [0.25, 0.3) is 11.8 Å². The molecule has 32 heavy (non-hydrogen) atoms. The van der Waals surface area contributed by atoms with Crippen LogP contribution in [0.4, 0.5) is 10.1 Å². The molecule has 2 aliphatic heterocycles. The lowest BCUT2D eigenvalue weighted by atomic mass is 9.97. The SMILES string of the molecule is Cc1ccc(C2=C(N3CCN(CCO)CC3)C(=O)N(c3ccc(F)c(Cl)c3)C2=O)c(C)c1. The number of nitrogens with zero attached hydrogens (tertiary/aromatic N) is 3. The maximum Gasteiger partial charge on any atom is 0.282 e. The number of hydrogen-bond donors (Lipinski definition) is 1. The van der Waals surface area contributed by atoms with E-state index in [4.69, 9.17) is 11.6 Å². The number of rotatable bonds is 5. The van der Waals surface area contributed by atoms with Crippen molar-refractivity contribution in [1.29, 1.82) is 0 Å². The van der Waals surface area contributed by atoms with Gasteiger partial charge in [0, 0.05) is 32.7 Å². The summed E-state index contributed by atoms with van der Waals surface area (Å²) in [5, 5.41) is 9.06. The van der Waals surface area contributed by atoms with Crippen molar-refractivity contribution in [3.63, 3.8) is 0 Å². The number of piperazine rings is 1. The largest absolute Gasteiger partial charge is 0.395 e. The standard InChI is InChI=1S/C24H25ClFN3O3/c1-15-3-5-18(16(2)13-15)21-22(28-9-7-27(8-10-28)11-12-30)24(32)29(23(21)31)17-4-6-20(26)19(25)14-17/h3-6,13-14,30H,7-12H2,1-2H3. The smallest absolute Gasteiger partial charge is 0.282 e. The highest BCUT2D eigenvalue weighted by atomic mass is 35.5. The van der Waals surface area contributed by atoms with Crippen molar-refractivity contribution in [1.82, 2.24) is 9.80 Å². The monoisotopic (exact) mass is 457 g/mol. The van der Waals surface area contributed by atoms with Crippen LogP contribution in [-0.2, 0) is 9.59 Å². The summed E-state index contributed by atoms with van der Waals surface area (Å²) >= 11 is 5.94. The zero-order valence-electron chi connectivity index (χ0n) is 18.1. The number of imide groups is 1. The molecule has 2 aliphatic rings. The summed E-state index contributed by atoms with van der Waals surface area (Å²) in [6, 6.07) is 9.61. The summed E-state index contributed by atoms with van der Waals surface area (Å²) in [6.45, 7) is 7.00. The lowest BCUT2D eigenvalue weighted by Crippen LogP contribution is -2.48. The first-order valence-corrected chi connectivity index (χ1v) is 10.9. The third-order valence-electron chi connectivity index (χ3n) is 5.98. The van der Waals surface area contributed by atoms with Gasteiger partial charge >= 0.3 is 0 Å². The van der Waals surface area contributed by atoms with Crippen LogP contribution in [0.3, 0.4) is 0 Å². The van der Waals surface area contributed by atoms with Gasteiger partial charge in [-0.2, -0.15) is 0 Å². The number of carbonyl (C=O) groups excluding carboxylic acids is 2. The van der Waals surface area contributed by atoms with Gasteiger partial charge in [-0.1, -0.05) is 35.4 Å². The summed E-state index contributed by atoms with van der Waals surface area (Å²) in [4.78, 5) is 32.3. The van der Waals surface area contributed by atoms with E-state index < -0.39 is 17.6 Å². The van der Waals surface area contributed by atoms with E-state index in [1.165, 1.54) is 12.1 Å². The number of anilines is 1. The number of aliphatic hydroxyl groups is 1. The van der Waals surface area contributed by atoms with E-state index in [1.54, 1.807) is 0 Å². The van der Waals surface area contributed by atoms with Crippen molar-refractivity contribution in [2.75, 3.05) is 44.2 Å². The molecule has 0 spiro atoms. The number of benzene rings is 2. The van der Waals surface area contributed by atoms with Crippen LogP contribution in [0.25, 0.3) is 5.57 Å². The van der Waals surface area contributed by atoms with E-state index in [2.05, 4.69) is 4.90 Å². The molecular formula is C24H25ClFN3O3. The first kappa shape index (κ1) is 22.5. The minimum Gasteiger partial charge on any atom is -0.395 e. The molecule has 0 aromatic heterocycles. The Kier molecular flexibility index (Phi) is 6.33. The first-order chi connectivity index (χ1) is 15.3. The Hall–Kier alpha value is -2.74. The molecule has 0 bridgehead atoms. The third-order valence-corrected chi connectivity index (χ3v) is 6.27. The lowest BCUT2D eigenvalue weighted by Gasteiger charge is -2.36. The van der Waals surface area contributed by atoms with E-state index in [1.807, 2.05) is 36.9 Å². The number of β-amino-alcohol motifs (C(OH)–C–C–N with tert-alkyl or cyclic N) is 1. The van der Waals surface area contributed by atoms with E-state index in [-0.39, 0.29) is 17.3 Å². The van der Waals surface area contributed by atoms with Gasteiger partial charge in [-0.25, -0.2) is 9.29 Å². The Balaban J connectivity index is 1.78. The Bertz CT molecular complexity index is 1110. The molecule has 6 nitrogen and oxygen atoms in total. The average Bonchev–Trinajstić information content (AvgIpc) is 3.01. The van der Waals surface area contributed by atoms with Crippen LogP contribution in [0.5, 0.6) is 0 Å². The second-order valence-corrected chi connectivity index (χ2v) is 8.55. The van der Waals surface area contributed by atoms with Crippen LogP contribution in [0.2, 0.25) is 5.02 Å². The van der Waals surface area contributed by atoms with Crippen molar-refractivity contribution in [2.45, 2.75) is 13.8 Å². The predicted molar refractivity (Wildman–Crippen MR) is 122 cm³/mol. The highest BCUT2D eigenvalue weighted by Crippen LogP contribution is 2.37. The molecule has 2 amide bonds. The molecule has 0 unspecified atom stereocenters. The molecule has 2 aromatic rings. The molecule has 0 saturated carbocycles. The zero-order chi connectivity index (χ0) is 23.0. The third kappa shape index (κ3) is 4.03. The fourth-order valence-electron chi connectivity index (χ4n) is 4.34. The number of aryl methyl sites for hydroxylation is 2. The van der Waals surface area contributed by atoms with Gasteiger partial charge in [-0.15, -0.1) is 0 Å². The average molecular weight is 458 g/mol. The summed E-state index contributed by atoms with van der Waals surface area (Å²) in [6.07, 6.45) is 0. The molecule has 168 valence electrons. The van der Waals surface area contributed by atoms with Crippen molar-refractivity contribution in [2.24, 2.45) is 0 Å². The maximum atomic E-state index is 13.7. The highest BCUT2D eigenvalue weighted by Gasteiger charge is 2.43. The molecule has 1 fully saturated rings. The van der Waals surface area contributed by atoms with Gasteiger partial charge < -0.3 is 10.0 Å². The van der Waals surface area contributed by atoms with Crippen LogP contribution in [0.1, 0.15) is 16.7 Å². The van der Waals surface area contributed by atoms with Crippen LogP contribution in [0, 0.1) is 19.7 Å². The Morgan fingerprint density at radius 2 is 1.72 bits per heavy atom. The van der Waals surface area contributed by atoms with Gasteiger partial charge in [0.1, 0.15) is 11.5 Å². The summed E-state index contributed by atoms with van der Waals surface area (Å²) in [7, 11) is 0. The lowest BCUT2D eigenvalue weighted by molar-refractivity contribution is -0.120. The number of hydrogen-bond acceptors (Lipinski definition) is 5. The number of aliphatic hydroxyl groups excluding tert-OH is 1. The molecule has 2 aromatic carbocycles. The van der Waals surface area contributed by atoms with E-state index in [0.717, 1.165) is 22.1 Å². The molecule has 2 heterocycles. The minimum absolute atomic E-state index is 0.0764. The summed E-state index contributed by atoms with van der Waals surface area (Å²) < 4.78 is 13.7. The van der Waals surface area contributed by atoms with Crippen molar-refractivity contribution in [3.05, 3.63) is 69.6 Å². The Labute approximate surface area is 191 Å². The van der Waals surface area contributed by atoms with Crippen LogP contribution >= 0.6 is 11.6 Å². The molecular weight excluding hydrogens is 433 g/mol. The molecule has 1 saturated heterocycles. The first-order valence-electron chi connectivity index (χ1n) is 10.6. The molecule has 0 aliphatic carbocycles. The second-order valence-electron chi connectivity index (χ2n) is 8.14. The van der Waals surface area contributed by atoms with Gasteiger partial charge in [0.2, 0.25) is 0 Å². The van der Waals surface area contributed by atoms with E-state index in [9.17, 15) is 19.1 Å². The molecule has 4 rings (SSSR count). The van der Waals surface area contributed by atoms with Gasteiger partial charge in [0.15, 0.2) is 0 Å². The second kappa shape index (κ2) is 9.02. The summed E-state index contributed by atoms with van der Waals surface area (Å²) in [5.74, 6) is -1.50. The minimum atomic E-state index is -0.614. The van der Waals surface area contributed by atoms with Gasteiger partial charge in [0.05, 0.1) is 22.9 Å². The number of amides is 2. The number of halogens is 2. The van der Waals surface area contributed by atoms with Crippen LogP contribution in [0.15, 0.2) is 42.1 Å². The molecule has 8 heteroatoms. The highest BCUT2D eigenvalue weighted by molar-refractivity contribution is 6.45. The normalized spacial score (nSPS) is 17.7. The molecule has 1 N–H and O–H groups in total. The molecule has 0 radical (unpaired) electrons. The Morgan fingerprint density at radius 1 is 1.00 bits per heavy atom. The van der Waals surface area contributed by atoms with Crippen LogP contribution in [-0.4, -0.2) is 66.1 Å². The quantitative estimate of drug-likeness (QED) is 0.699. The number of carbonyl (C=O) groups is 2. The maximum absolute atomic E-state index is 13.7. The fourth-order valence-corrected chi connectivity index (χ4v) is 4.52. The van der Waals surface area contributed by atoms with Crippen LogP contribution < -0.4 is 4.90 Å². The molecule has 0 atom stereocenters. The van der Waals surface area contributed by atoms with E-state index >= 15 is 0 Å². The van der Waals surface area contributed by atoms with Gasteiger partial charge in [-0.3, -0.25) is 14.5 Å². The predicted octanol–water partition coefficient (Wildman–Crippen LogP) is 2.99. The van der Waals surface area contributed by atoms with Crippen molar-refractivity contribution >= 4 is 34.7 Å². The van der Waals surface area contributed by atoms with Crippen molar-refractivity contribution in [3.8, 4) is 0 Å². The van der Waals surface area contributed by atoms with Crippen molar-refractivity contribution < 1.29 is 19.1 Å². The van der Waals surface area contributed by atoms with E-state index in [0.29, 0.717) is 49.6 Å². The fraction of sp³-hybridized carbons (Fsp3) is 0.333.